The Labute approximate surface area is 239 Å². The number of nitrogens with zero attached hydrogens (tertiary/aromatic N) is 5. The summed E-state index contributed by atoms with van der Waals surface area (Å²) < 4.78 is 53.7. The molecule has 5 aromatic rings. The largest absolute Gasteiger partial charge is 0.322 e. The summed E-state index contributed by atoms with van der Waals surface area (Å²) in [7, 11) is -7.11. The molecule has 0 bridgehead atoms. The summed E-state index contributed by atoms with van der Waals surface area (Å²) in [6.45, 7) is 1.76. The first-order chi connectivity index (χ1) is 19.6. The van der Waals surface area contributed by atoms with Gasteiger partial charge in [0.15, 0.2) is 15.5 Å². The highest BCUT2D eigenvalue weighted by molar-refractivity contribution is 7.92. The van der Waals surface area contributed by atoms with Gasteiger partial charge in [0.1, 0.15) is 0 Å². The van der Waals surface area contributed by atoms with Crippen LogP contribution >= 0.6 is 11.3 Å². The van der Waals surface area contributed by atoms with E-state index in [1.54, 1.807) is 23.7 Å². The van der Waals surface area contributed by atoms with Gasteiger partial charge in [-0.15, -0.1) is 11.3 Å². The molecule has 4 aromatic heterocycles. The van der Waals surface area contributed by atoms with Crippen molar-refractivity contribution in [2.75, 3.05) is 21.5 Å². The van der Waals surface area contributed by atoms with Gasteiger partial charge in [0, 0.05) is 18.1 Å². The Kier molecular flexibility index (Phi) is 6.79. The van der Waals surface area contributed by atoms with E-state index in [0.717, 1.165) is 4.88 Å². The highest BCUT2D eigenvalue weighted by Gasteiger charge is 2.32. The van der Waals surface area contributed by atoms with Crippen molar-refractivity contribution in [3.05, 3.63) is 77.6 Å². The lowest BCUT2D eigenvalue weighted by molar-refractivity contribution is 0.102. The molecule has 1 amide bonds. The van der Waals surface area contributed by atoms with Crippen LogP contribution in [0, 0.1) is 6.92 Å². The molecule has 0 spiro atoms. The fourth-order valence-electron chi connectivity index (χ4n) is 4.71. The quantitative estimate of drug-likeness (QED) is 0.280. The van der Waals surface area contributed by atoms with Gasteiger partial charge in [-0.1, -0.05) is 6.07 Å². The number of pyridine rings is 1. The van der Waals surface area contributed by atoms with Crippen molar-refractivity contribution in [1.82, 2.24) is 24.7 Å². The first-order valence-electron chi connectivity index (χ1n) is 12.4. The molecule has 1 unspecified atom stereocenters. The maximum Gasteiger partial charge on any atom is 0.264 e. The molecule has 1 atom stereocenters. The number of nitrogens with one attached hydrogen (secondary N) is 2. The Morgan fingerprint density at radius 2 is 1.85 bits per heavy atom. The number of hydrogen-bond donors (Lipinski definition) is 2. The van der Waals surface area contributed by atoms with Crippen LogP contribution < -0.4 is 10.0 Å². The normalized spacial score (nSPS) is 16.6. The maximum atomic E-state index is 13.6. The number of sulfonamides is 1. The van der Waals surface area contributed by atoms with Gasteiger partial charge in [0.25, 0.3) is 15.9 Å². The second-order valence-corrected chi connectivity index (χ2v) is 14.3. The zero-order chi connectivity index (χ0) is 28.8. The van der Waals surface area contributed by atoms with Crippen molar-refractivity contribution >= 4 is 59.8 Å². The Morgan fingerprint density at radius 1 is 1.10 bits per heavy atom. The van der Waals surface area contributed by atoms with Gasteiger partial charge in [0.05, 0.1) is 49.7 Å². The van der Waals surface area contributed by atoms with E-state index in [1.807, 2.05) is 17.5 Å². The average Bonchev–Trinajstić information content (AvgIpc) is 3.68. The number of amides is 1. The summed E-state index contributed by atoms with van der Waals surface area (Å²) >= 11 is 1.47. The molecule has 1 aliphatic heterocycles. The molecule has 1 fully saturated rings. The van der Waals surface area contributed by atoms with E-state index in [4.69, 9.17) is 4.98 Å². The van der Waals surface area contributed by atoms with Crippen LogP contribution in [0.4, 0.5) is 11.6 Å². The SMILES string of the molecule is Cc1nn(C2CCS(=O)(=O)C2)c2nc(-c3cccs3)cc(C(=O)Nc3ccc(S(=O)(=O)Nc4ncccn4)cc3)c12. The minimum Gasteiger partial charge on any atom is -0.322 e. The van der Waals surface area contributed by atoms with Gasteiger partial charge in [-0.25, -0.2) is 41.2 Å². The topological polar surface area (TPSA) is 166 Å². The smallest absolute Gasteiger partial charge is 0.264 e. The summed E-state index contributed by atoms with van der Waals surface area (Å²) in [6.07, 6.45) is 3.26. The fraction of sp³-hybridized carbons (Fsp3) is 0.192. The number of aryl methyl sites for hydroxylation is 1. The molecule has 1 saturated heterocycles. The first kappa shape index (κ1) is 27.0. The Hall–Kier alpha value is -4.21. The minimum absolute atomic E-state index is 0.0297. The number of benzene rings is 1. The Bertz CT molecular complexity index is 1970. The lowest BCUT2D eigenvalue weighted by Gasteiger charge is -2.12. The van der Waals surface area contributed by atoms with Gasteiger partial charge in [-0.2, -0.15) is 5.10 Å². The predicted molar refractivity (Wildman–Crippen MR) is 155 cm³/mol. The fourth-order valence-corrected chi connectivity index (χ4v) is 8.05. The molecular weight excluding hydrogens is 587 g/mol. The van der Waals surface area contributed by atoms with Crippen molar-refractivity contribution in [2.24, 2.45) is 0 Å². The molecule has 0 aliphatic carbocycles. The van der Waals surface area contributed by atoms with Gasteiger partial charge >= 0.3 is 0 Å². The number of anilines is 2. The predicted octanol–water partition coefficient (Wildman–Crippen LogP) is 3.67. The van der Waals surface area contributed by atoms with E-state index in [9.17, 15) is 21.6 Å². The number of carbonyl (C=O) groups is 1. The standard InChI is InChI=1S/C26H23N7O5S3/c1-16-23-20(25(34)29-17-5-7-19(8-6-17)41(37,38)32-26-27-10-3-11-28-26)14-21(22-4-2-12-39-22)30-24(23)33(31-16)18-9-13-40(35,36)15-18/h2-8,10-12,14,18H,9,13,15H2,1H3,(H,29,34)(H,27,28,32). The van der Waals surface area contributed by atoms with Crippen LogP contribution in [0.15, 0.2) is 71.2 Å². The average molecular weight is 610 g/mol. The molecule has 0 radical (unpaired) electrons. The second kappa shape index (κ2) is 10.3. The van der Waals surface area contributed by atoms with Crippen LogP contribution in [0.25, 0.3) is 21.6 Å². The van der Waals surface area contributed by atoms with Crippen LogP contribution in [0.1, 0.15) is 28.5 Å². The van der Waals surface area contributed by atoms with Crippen LogP contribution in [0.2, 0.25) is 0 Å². The van der Waals surface area contributed by atoms with Crippen molar-refractivity contribution in [2.45, 2.75) is 24.3 Å². The van der Waals surface area contributed by atoms with E-state index >= 15 is 0 Å². The molecule has 6 rings (SSSR count). The highest BCUT2D eigenvalue weighted by atomic mass is 32.2. The molecule has 15 heteroatoms. The first-order valence-corrected chi connectivity index (χ1v) is 16.6. The number of aromatic nitrogens is 5. The molecule has 1 aliphatic rings. The Morgan fingerprint density at radius 3 is 2.51 bits per heavy atom. The third kappa shape index (κ3) is 5.42. The maximum absolute atomic E-state index is 13.6. The highest BCUT2D eigenvalue weighted by Crippen LogP contribution is 2.33. The zero-order valence-corrected chi connectivity index (χ0v) is 24.0. The molecule has 1 aromatic carbocycles. The van der Waals surface area contributed by atoms with Gasteiger partial charge in [0.2, 0.25) is 5.95 Å². The van der Waals surface area contributed by atoms with Crippen LogP contribution in [-0.4, -0.2) is 59.0 Å². The van der Waals surface area contributed by atoms with Crippen LogP contribution in [0.5, 0.6) is 0 Å². The lowest BCUT2D eigenvalue weighted by atomic mass is 10.1. The summed E-state index contributed by atoms with van der Waals surface area (Å²) in [6, 6.07) is 12.4. The zero-order valence-electron chi connectivity index (χ0n) is 21.6. The molecular formula is C26H23N7O5S3. The monoisotopic (exact) mass is 609 g/mol. The number of sulfone groups is 1. The number of fused-ring (bicyclic) bond motifs is 1. The van der Waals surface area contributed by atoms with Crippen molar-refractivity contribution in [1.29, 1.82) is 0 Å². The van der Waals surface area contributed by atoms with Gasteiger partial charge in [-0.3, -0.25) is 4.79 Å². The number of rotatable bonds is 7. The second-order valence-electron chi connectivity index (χ2n) is 9.47. The molecule has 2 N–H and O–H groups in total. The molecule has 41 heavy (non-hydrogen) atoms. The summed E-state index contributed by atoms with van der Waals surface area (Å²) in [5.74, 6) is -0.450. The number of hydrogen-bond acceptors (Lipinski definition) is 10. The third-order valence-corrected chi connectivity index (χ3v) is 10.6. The minimum atomic E-state index is -3.94. The van der Waals surface area contributed by atoms with Crippen molar-refractivity contribution < 1.29 is 21.6 Å². The van der Waals surface area contributed by atoms with Gasteiger partial charge in [-0.05, 0) is 61.2 Å². The van der Waals surface area contributed by atoms with E-state index in [0.29, 0.717) is 40.1 Å². The summed E-state index contributed by atoms with van der Waals surface area (Å²) in [4.78, 5) is 27.0. The number of carbonyl (C=O) groups excluding carboxylic acids is 1. The van der Waals surface area contributed by atoms with E-state index < -0.39 is 25.8 Å². The van der Waals surface area contributed by atoms with E-state index in [2.05, 4.69) is 25.1 Å². The van der Waals surface area contributed by atoms with E-state index in [-0.39, 0.29) is 28.4 Å². The van der Waals surface area contributed by atoms with Crippen LogP contribution in [0.3, 0.4) is 0 Å². The summed E-state index contributed by atoms with van der Waals surface area (Å²) in [5.41, 5.74) is 2.25. The van der Waals surface area contributed by atoms with Crippen LogP contribution in [-0.2, 0) is 19.9 Å². The molecule has 12 nitrogen and oxygen atoms in total. The Balaban J connectivity index is 1.33. The lowest BCUT2D eigenvalue weighted by Crippen LogP contribution is -2.16. The molecule has 210 valence electrons. The van der Waals surface area contributed by atoms with E-state index in [1.165, 1.54) is 48.0 Å². The number of thiophene rings is 1. The molecule has 0 saturated carbocycles. The van der Waals surface area contributed by atoms with Crippen molar-refractivity contribution in [3.63, 3.8) is 0 Å². The molecule has 5 heterocycles. The van der Waals surface area contributed by atoms with Crippen molar-refractivity contribution in [3.8, 4) is 10.6 Å². The summed E-state index contributed by atoms with van der Waals surface area (Å²) in [5, 5.41) is 9.88. The van der Waals surface area contributed by atoms with Gasteiger partial charge < -0.3 is 5.32 Å². The third-order valence-electron chi connectivity index (χ3n) is 6.62.